The van der Waals surface area contributed by atoms with Gasteiger partial charge in [-0.3, -0.25) is 4.79 Å². The Morgan fingerprint density at radius 1 is 0.938 bits per heavy atom. The summed E-state index contributed by atoms with van der Waals surface area (Å²) >= 11 is 0. The van der Waals surface area contributed by atoms with Crippen LogP contribution in [0.1, 0.15) is 22.3 Å². The van der Waals surface area contributed by atoms with E-state index in [1.165, 1.54) is 0 Å². The Kier molecular flexibility index (Phi) is 7.06. The number of sulfonamides is 1. The van der Waals surface area contributed by atoms with E-state index in [1.807, 2.05) is 6.92 Å². The first kappa shape index (κ1) is 23.6. The number of nitrogens with one attached hydrogen (secondary N) is 2. The zero-order valence-electron chi connectivity index (χ0n) is 17.9. The van der Waals surface area contributed by atoms with Gasteiger partial charge in [0.05, 0.1) is 10.6 Å². The van der Waals surface area contributed by atoms with Crippen LogP contribution < -0.4 is 10.0 Å². The molecule has 32 heavy (non-hydrogen) atoms. The highest BCUT2D eigenvalue weighted by atomic mass is 32.2. The van der Waals surface area contributed by atoms with Gasteiger partial charge in [0, 0.05) is 6.07 Å². The van der Waals surface area contributed by atoms with Crippen molar-refractivity contribution in [2.45, 2.75) is 38.1 Å². The van der Waals surface area contributed by atoms with Crippen molar-refractivity contribution in [3.05, 3.63) is 94.6 Å². The highest BCUT2D eigenvalue weighted by Gasteiger charge is 2.29. The zero-order valence-corrected chi connectivity index (χ0v) is 18.8. The van der Waals surface area contributed by atoms with Crippen LogP contribution >= 0.6 is 0 Å². The number of benzene rings is 3. The molecule has 0 bridgehead atoms. The molecular weight excluding hydrogens is 434 g/mol. The number of anilines is 1. The number of carbonyl (C=O) groups excluding carboxylic acids is 1. The average molecular weight is 459 g/mol. The van der Waals surface area contributed by atoms with E-state index < -0.39 is 33.6 Å². The molecule has 0 radical (unpaired) electrons. The lowest BCUT2D eigenvalue weighted by molar-refractivity contribution is -0.117. The summed E-state index contributed by atoms with van der Waals surface area (Å²) in [5, 5.41) is 2.36. The van der Waals surface area contributed by atoms with E-state index in [-0.39, 0.29) is 17.0 Å². The van der Waals surface area contributed by atoms with E-state index in [2.05, 4.69) is 10.0 Å². The Hall–Kier alpha value is -3.10. The lowest BCUT2D eigenvalue weighted by Crippen LogP contribution is -2.45. The van der Waals surface area contributed by atoms with Crippen molar-refractivity contribution in [1.29, 1.82) is 0 Å². The second-order valence-electron chi connectivity index (χ2n) is 7.70. The Balaban J connectivity index is 1.94. The second kappa shape index (κ2) is 9.58. The van der Waals surface area contributed by atoms with E-state index >= 15 is 0 Å². The molecule has 3 aromatic carbocycles. The summed E-state index contributed by atoms with van der Waals surface area (Å²) in [4.78, 5) is 13.1. The summed E-state index contributed by atoms with van der Waals surface area (Å²) in [6.07, 6.45) is 0.0404. The average Bonchev–Trinajstić information content (AvgIpc) is 2.69. The molecule has 0 aliphatic heterocycles. The first-order valence-corrected chi connectivity index (χ1v) is 11.4. The molecule has 3 rings (SSSR count). The van der Waals surface area contributed by atoms with Crippen LogP contribution in [-0.2, 0) is 21.2 Å². The SMILES string of the molecule is Cc1cc(C)c(S(=O)(=O)N[C@H](Cc2ccccc2)C(=O)Nc2ccc(F)cc2F)c(C)c1. The van der Waals surface area contributed by atoms with Gasteiger partial charge < -0.3 is 5.32 Å². The number of hydrogen-bond donors (Lipinski definition) is 2. The van der Waals surface area contributed by atoms with Crippen LogP contribution in [-0.4, -0.2) is 20.4 Å². The van der Waals surface area contributed by atoms with Crippen molar-refractivity contribution >= 4 is 21.6 Å². The lowest BCUT2D eigenvalue weighted by Gasteiger charge is -2.21. The molecule has 0 saturated heterocycles. The fourth-order valence-electron chi connectivity index (χ4n) is 3.69. The van der Waals surface area contributed by atoms with Crippen LogP contribution in [0.15, 0.2) is 65.6 Å². The van der Waals surface area contributed by atoms with Gasteiger partial charge in [-0.05, 0) is 56.0 Å². The van der Waals surface area contributed by atoms with Crippen molar-refractivity contribution in [1.82, 2.24) is 4.72 Å². The third kappa shape index (κ3) is 5.57. The van der Waals surface area contributed by atoms with Crippen molar-refractivity contribution in [2.24, 2.45) is 0 Å². The van der Waals surface area contributed by atoms with Crippen LogP contribution in [0, 0.1) is 32.4 Å². The number of hydrogen-bond acceptors (Lipinski definition) is 3. The highest BCUT2D eigenvalue weighted by Crippen LogP contribution is 2.23. The summed E-state index contributed by atoms with van der Waals surface area (Å²) in [5.74, 6) is -2.50. The van der Waals surface area contributed by atoms with Gasteiger partial charge in [-0.2, -0.15) is 4.72 Å². The van der Waals surface area contributed by atoms with E-state index in [9.17, 15) is 22.0 Å². The molecule has 168 valence electrons. The fourth-order valence-corrected chi connectivity index (χ4v) is 5.33. The Bertz CT molecular complexity index is 1220. The largest absolute Gasteiger partial charge is 0.322 e. The quantitative estimate of drug-likeness (QED) is 0.551. The normalized spacial score (nSPS) is 12.4. The van der Waals surface area contributed by atoms with Gasteiger partial charge in [0.2, 0.25) is 15.9 Å². The third-order valence-electron chi connectivity index (χ3n) is 4.96. The van der Waals surface area contributed by atoms with Crippen LogP contribution in [0.25, 0.3) is 0 Å². The van der Waals surface area contributed by atoms with Gasteiger partial charge in [-0.25, -0.2) is 17.2 Å². The maximum atomic E-state index is 14.1. The van der Waals surface area contributed by atoms with Crippen LogP contribution in [0.2, 0.25) is 0 Å². The van der Waals surface area contributed by atoms with Crippen LogP contribution in [0.5, 0.6) is 0 Å². The fraction of sp³-hybridized carbons (Fsp3) is 0.208. The van der Waals surface area contributed by atoms with Crippen molar-refractivity contribution in [2.75, 3.05) is 5.32 Å². The Labute approximate surface area is 186 Å². The maximum Gasteiger partial charge on any atom is 0.242 e. The molecule has 0 spiro atoms. The second-order valence-corrected chi connectivity index (χ2v) is 9.36. The minimum atomic E-state index is -4.08. The highest BCUT2D eigenvalue weighted by molar-refractivity contribution is 7.89. The van der Waals surface area contributed by atoms with Gasteiger partial charge in [0.15, 0.2) is 0 Å². The molecular formula is C24H24F2N2O3S. The van der Waals surface area contributed by atoms with Crippen molar-refractivity contribution < 1.29 is 22.0 Å². The number of aryl methyl sites for hydroxylation is 3. The molecule has 1 amide bonds. The van der Waals surface area contributed by atoms with Crippen LogP contribution in [0.4, 0.5) is 14.5 Å². The molecule has 2 N–H and O–H groups in total. The van der Waals surface area contributed by atoms with Crippen molar-refractivity contribution in [3.8, 4) is 0 Å². The van der Waals surface area contributed by atoms with E-state index in [4.69, 9.17) is 0 Å². The van der Waals surface area contributed by atoms with E-state index in [0.717, 1.165) is 17.7 Å². The summed E-state index contributed by atoms with van der Waals surface area (Å²) in [6.45, 7) is 5.25. The van der Waals surface area contributed by atoms with Gasteiger partial charge in [0.1, 0.15) is 17.7 Å². The van der Waals surface area contributed by atoms with Gasteiger partial charge >= 0.3 is 0 Å². The third-order valence-corrected chi connectivity index (χ3v) is 6.74. The topological polar surface area (TPSA) is 75.3 Å². The van der Waals surface area contributed by atoms with Gasteiger partial charge in [-0.15, -0.1) is 0 Å². The van der Waals surface area contributed by atoms with E-state index in [0.29, 0.717) is 22.8 Å². The molecule has 0 heterocycles. The van der Waals surface area contributed by atoms with Crippen LogP contribution in [0.3, 0.4) is 0 Å². The smallest absolute Gasteiger partial charge is 0.242 e. The van der Waals surface area contributed by atoms with E-state index in [1.54, 1.807) is 56.3 Å². The van der Waals surface area contributed by atoms with Crippen molar-refractivity contribution in [3.63, 3.8) is 0 Å². The molecule has 0 fully saturated rings. The molecule has 0 aliphatic rings. The number of halogens is 2. The molecule has 0 aliphatic carbocycles. The predicted octanol–water partition coefficient (Wildman–Crippen LogP) is 4.42. The first-order valence-electron chi connectivity index (χ1n) is 9.97. The maximum absolute atomic E-state index is 14.1. The zero-order chi connectivity index (χ0) is 23.5. The summed E-state index contributed by atoms with van der Waals surface area (Å²) in [6, 6.07) is 13.9. The summed E-state index contributed by atoms with van der Waals surface area (Å²) < 4.78 is 56.2. The molecule has 0 aromatic heterocycles. The molecule has 8 heteroatoms. The first-order chi connectivity index (χ1) is 15.1. The van der Waals surface area contributed by atoms with Gasteiger partial charge in [0.25, 0.3) is 0 Å². The summed E-state index contributed by atoms with van der Waals surface area (Å²) in [7, 11) is -4.08. The Morgan fingerprint density at radius 2 is 1.56 bits per heavy atom. The minimum absolute atomic E-state index is 0.0404. The van der Waals surface area contributed by atoms with Gasteiger partial charge in [-0.1, -0.05) is 48.0 Å². The number of amides is 1. The predicted molar refractivity (Wildman–Crippen MR) is 120 cm³/mol. The standard InChI is InChI=1S/C24H24F2N2O3S/c1-15-11-16(2)23(17(3)12-15)32(30,31)28-22(13-18-7-5-4-6-8-18)24(29)27-21-10-9-19(25)14-20(21)26/h4-12,14,22,28H,13H2,1-3H3,(H,27,29)/t22-/m1/s1. The lowest BCUT2D eigenvalue weighted by atomic mass is 10.1. The molecule has 5 nitrogen and oxygen atoms in total. The minimum Gasteiger partial charge on any atom is -0.322 e. The molecule has 3 aromatic rings. The molecule has 0 saturated carbocycles. The molecule has 1 atom stereocenters. The Morgan fingerprint density at radius 3 is 2.16 bits per heavy atom. The number of carbonyl (C=O) groups is 1. The summed E-state index contributed by atoms with van der Waals surface area (Å²) in [5.41, 5.74) is 2.50. The molecule has 0 unspecified atom stereocenters. The monoisotopic (exact) mass is 458 g/mol. The number of rotatable bonds is 7.